The van der Waals surface area contributed by atoms with Crippen LogP contribution in [0.1, 0.15) is 18.1 Å². The molecule has 1 fully saturated rings. The summed E-state index contributed by atoms with van der Waals surface area (Å²) in [6.45, 7) is 2.27. The van der Waals surface area contributed by atoms with E-state index < -0.39 is 0 Å². The molecule has 2 aromatic carbocycles. The van der Waals surface area contributed by atoms with Crippen LogP contribution in [0.15, 0.2) is 48.5 Å². The minimum Gasteiger partial charge on any atom is -0.382 e. The number of hydrogen-bond acceptors (Lipinski definition) is 3. The van der Waals surface area contributed by atoms with E-state index in [1.807, 2.05) is 37.3 Å². The fourth-order valence-electron chi connectivity index (χ4n) is 2.89. The third-order valence-corrected chi connectivity index (χ3v) is 4.10. The SMILES string of the molecule is C[C@H](Cc1ccccc1F)Nc1cccc(CN2C(=O)CNC2=O)c1. The second kappa shape index (κ2) is 7.34. The molecule has 1 aliphatic heterocycles. The summed E-state index contributed by atoms with van der Waals surface area (Å²) in [6, 6.07) is 13.9. The lowest BCUT2D eigenvalue weighted by Gasteiger charge is -2.17. The van der Waals surface area contributed by atoms with Crippen LogP contribution in [0, 0.1) is 5.82 Å². The number of carbonyl (C=O) groups excluding carboxylic acids is 2. The minimum absolute atomic E-state index is 0.0314. The average Bonchev–Trinajstić information content (AvgIpc) is 2.89. The zero-order chi connectivity index (χ0) is 17.8. The summed E-state index contributed by atoms with van der Waals surface area (Å²) in [5.74, 6) is -0.431. The van der Waals surface area contributed by atoms with Crippen LogP contribution in [-0.4, -0.2) is 29.4 Å². The summed E-state index contributed by atoms with van der Waals surface area (Å²) in [6.07, 6.45) is 0.559. The van der Waals surface area contributed by atoms with Gasteiger partial charge < -0.3 is 10.6 Å². The van der Waals surface area contributed by atoms with Crippen molar-refractivity contribution in [2.24, 2.45) is 0 Å². The first kappa shape index (κ1) is 17.0. The number of imide groups is 1. The van der Waals surface area contributed by atoms with Crippen molar-refractivity contribution in [3.05, 3.63) is 65.5 Å². The molecule has 130 valence electrons. The number of urea groups is 1. The number of halogens is 1. The molecular formula is C19H20FN3O2. The van der Waals surface area contributed by atoms with Gasteiger partial charge in [-0.25, -0.2) is 9.18 Å². The van der Waals surface area contributed by atoms with Gasteiger partial charge >= 0.3 is 6.03 Å². The molecule has 1 heterocycles. The van der Waals surface area contributed by atoms with Gasteiger partial charge in [-0.05, 0) is 42.7 Å². The molecule has 0 aliphatic carbocycles. The average molecular weight is 341 g/mol. The molecule has 3 amide bonds. The summed E-state index contributed by atoms with van der Waals surface area (Å²) in [4.78, 5) is 24.5. The highest BCUT2D eigenvalue weighted by molar-refractivity contribution is 6.01. The largest absolute Gasteiger partial charge is 0.382 e. The van der Waals surface area contributed by atoms with E-state index in [2.05, 4.69) is 10.6 Å². The number of benzene rings is 2. The Kier molecular flexibility index (Phi) is 4.97. The highest BCUT2D eigenvalue weighted by atomic mass is 19.1. The fourth-order valence-corrected chi connectivity index (χ4v) is 2.89. The van der Waals surface area contributed by atoms with Gasteiger partial charge in [0.1, 0.15) is 5.82 Å². The molecule has 0 spiro atoms. The van der Waals surface area contributed by atoms with Crippen molar-refractivity contribution in [3.8, 4) is 0 Å². The van der Waals surface area contributed by atoms with E-state index >= 15 is 0 Å². The molecule has 0 aromatic heterocycles. The first-order valence-electron chi connectivity index (χ1n) is 8.20. The monoisotopic (exact) mass is 341 g/mol. The predicted octanol–water partition coefficient (Wildman–Crippen LogP) is 2.92. The van der Waals surface area contributed by atoms with E-state index in [4.69, 9.17) is 0 Å². The third kappa shape index (κ3) is 4.15. The summed E-state index contributed by atoms with van der Waals surface area (Å²) in [5, 5.41) is 5.84. The summed E-state index contributed by atoms with van der Waals surface area (Å²) in [5.41, 5.74) is 2.39. The number of hydrogen-bond donors (Lipinski definition) is 2. The van der Waals surface area contributed by atoms with Gasteiger partial charge in [-0.1, -0.05) is 30.3 Å². The fraction of sp³-hybridized carbons (Fsp3) is 0.263. The van der Waals surface area contributed by atoms with Gasteiger partial charge in [-0.15, -0.1) is 0 Å². The maximum atomic E-state index is 13.8. The molecule has 1 aliphatic rings. The van der Waals surface area contributed by atoms with Gasteiger partial charge in [0.2, 0.25) is 5.91 Å². The number of nitrogens with one attached hydrogen (secondary N) is 2. The van der Waals surface area contributed by atoms with Crippen LogP contribution in [0.4, 0.5) is 14.9 Å². The molecule has 5 nitrogen and oxygen atoms in total. The smallest absolute Gasteiger partial charge is 0.324 e. The molecule has 6 heteroatoms. The topological polar surface area (TPSA) is 61.4 Å². The molecule has 3 rings (SSSR count). The molecule has 2 aromatic rings. The van der Waals surface area contributed by atoms with Crippen molar-refractivity contribution in [1.29, 1.82) is 0 Å². The standard InChI is InChI=1S/C19H20FN3O2/c1-13(9-15-6-2-3-8-17(15)20)22-16-7-4-5-14(10-16)12-23-18(24)11-21-19(23)25/h2-8,10,13,22H,9,11-12H2,1H3,(H,21,25)/t13-/m1/s1. The summed E-state index contributed by atoms with van der Waals surface area (Å²) < 4.78 is 13.8. The van der Waals surface area contributed by atoms with Crippen molar-refractivity contribution < 1.29 is 14.0 Å². The van der Waals surface area contributed by atoms with Crippen LogP contribution >= 0.6 is 0 Å². The third-order valence-electron chi connectivity index (χ3n) is 4.10. The van der Waals surface area contributed by atoms with Gasteiger partial charge in [0.05, 0.1) is 13.1 Å². The number of rotatable bonds is 6. The molecular weight excluding hydrogens is 321 g/mol. The van der Waals surface area contributed by atoms with Crippen LogP contribution in [-0.2, 0) is 17.8 Å². The number of nitrogens with zero attached hydrogens (tertiary/aromatic N) is 1. The number of anilines is 1. The Balaban J connectivity index is 1.64. The lowest BCUT2D eigenvalue weighted by atomic mass is 10.1. The molecule has 2 N–H and O–H groups in total. The Bertz CT molecular complexity index is 778. The van der Waals surface area contributed by atoms with E-state index in [1.165, 1.54) is 11.0 Å². The van der Waals surface area contributed by atoms with Crippen molar-refractivity contribution in [2.45, 2.75) is 25.9 Å². The molecule has 0 unspecified atom stereocenters. The van der Waals surface area contributed by atoms with Crippen molar-refractivity contribution in [1.82, 2.24) is 10.2 Å². The van der Waals surface area contributed by atoms with E-state index in [-0.39, 0.29) is 36.9 Å². The van der Waals surface area contributed by atoms with Gasteiger partial charge in [0, 0.05) is 11.7 Å². The highest BCUT2D eigenvalue weighted by Gasteiger charge is 2.28. The maximum Gasteiger partial charge on any atom is 0.324 e. The van der Waals surface area contributed by atoms with Gasteiger partial charge in [0.15, 0.2) is 0 Å². The molecule has 1 saturated heterocycles. The van der Waals surface area contributed by atoms with Crippen LogP contribution in [0.5, 0.6) is 0 Å². The zero-order valence-electron chi connectivity index (χ0n) is 14.0. The van der Waals surface area contributed by atoms with Crippen LogP contribution in [0.25, 0.3) is 0 Å². The lowest BCUT2D eigenvalue weighted by molar-refractivity contribution is -0.125. The number of amides is 3. The Morgan fingerprint density at radius 3 is 2.72 bits per heavy atom. The molecule has 0 bridgehead atoms. The summed E-state index contributed by atoms with van der Waals surface area (Å²) >= 11 is 0. The normalized spacial score (nSPS) is 15.2. The van der Waals surface area contributed by atoms with Crippen LogP contribution in [0.2, 0.25) is 0 Å². The Hall–Kier alpha value is -2.89. The van der Waals surface area contributed by atoms with E-state index in [0.717, 1.165) is 11.3 Å². The molecule has 25 heavy (non-hydrogen) atoms. The second-order valence-electron chi connectivity index (χ2n) is 6.18. The van der Waals surface area contributed by atoms with E-state index in [0.29, 0.717) is 12.0 Å². The first-order chi connectivity index (χ1) is 12.0. The Labute approximate surface area is 145 Å². The van der Waals surface area contributed by atoms with Crippen LogP contribution < -0.4 is 10.6 Å². The van der Waals surface area contributed by atoms with Gasteiger partial charge in [-0.2, -0.15) is 0 Å². The molecule has 1 atom stereocenters. The van der Waals surface area contributed by atoms with Crippen molar-refractivity contribution in [3.63, 3.8) is 0 Å². The lowest BCUT2D eigenvalue weighted by Crippen LogP contribution is -2.30. The van der Waals surface area contributed by atoms with E-state index in [9.17, 15) is 14.0 Å². The molecule has 0 saturated carbocycles. The van der Waals surface area contributed by atoms with Gasteiger partial charge in [0.25, 0.3) is 0 Å². The zero-order valence-corrected chi connectivity index (χ0v) is 14.0. The minimum atomic E-state index is -0.365. The Morgan fingerprint density at radius 2 is 2.00 bits per heavy atom. The molecule has 0 radical (unpaired) electrons. The quantitative estimate of drug-likeness (QED) is 0.794. The van der Waals surface area contributed by atoms with Crippen molar-refractivity contribution in [2.75, 3.05) is 11.9 Å². The Morgan fingerprint density at radius 1 is 1.20 bits per heavy atom. The summed E-state index contributed by atoms with van der Waals surface area (Å²) in [7, 11) is 0. The number of carbonyl (C=O) groups is 2. The highest BCUT2D eigenvalue weighted by Crippen LogP contribution is 2.17. The van der Waals surface area contributed by atoms with E-state index in [1.54, 1.807) is 12.1 Å². The predicted molar refractivity (Wildman–Crippen MR) is 93.6 cm³/mol. The first-order valence-corrected chi connectivity index (χ1v) is 8.20. The van der Waals surface area contributed by atoms with Gasteiger partial charge in [-0.3, -0.25) is 9.69 Å². The van der Waals surface area contributed by atoms with Crippen molar-refractivity contribution >= 4 is 17.6 Å². The second-order valence-corrected chi connectivity index (χ2v) is 6.18. The van der Waals surface area contributed by atoms with Crippen LogP contribution in [0.3, 0.4) is 0 Å². The maximum absolute atomic E-state index is 13.8.